The van der Waals surface area contributed by atoms with E-state index >= 15 is 0 Å². The van der Waals surface area contributed by atoms with E-state index in [9.17, 15) is 14.7 Å². The van der Waals surface area contributed by atoms with Crippen molar-refractivity contribution in [1.82, 2.24) is 10.3 Å². The van der Waals surface area contributed by atoms with E-state index < -0.39 is 16.9 Å². The molecule has 1 amide bonds. The number of hydrogen-bond acceptors (Lipinski definition) is 3. The van der Waals surface area contributed by atoms with Crippen LogP contribution in [-0.2, 0) is 20.7 Å². The van der Waals surface area contributed by atoms with Crippen LogP contribution in [0.2, 0.25) is 0 Å². The Hall–Kier alpha value is -2.34. The van der Waals surface area contributed by atoms with E-state index in [1.165, 1.54) is 0 Å². The van der Waals surface area contributed by atoms with Crippen LogP contribution in [0.25, 0.3) is 10.9 Å². The minimum atomic E-state index is -1.30. The van der Waals surface area contributed by atoms with E-state index in [2.05, 4.69) is 10.3 Å². The number of carboxylic acid groups (broad SMARTS) is 1. The molecule has 0 aliphatic heterocycles. The number of carbonyl (C=O) groups excluding carboxylic acids is 1. The van der Waals surface area contributed by atoms with Crippen molar-refractivity contribution in [3.8, 4) is 0 Å². The number of fused-ring (bicyclic) bond motifs is 1. The molecule has 1 aromatic heterocycles. The fourth-order valence-corrected chi connectivity index (χ4v) is 4.04. The summed E-state index contributed by atoms with van der Waals surface area (Å²) in [7, 11) is 0. The minimum Gasteiger partial charge on any atom is -0.479 e. The zero-order valence-electron chi connectivity index (χ0n) is 15.7. The Labute approximate surface area is 152 Å². The van der Waals surface area contributed by atoms with Crippen LogP contribution < -0.4 is 5.32 Å². The van der Waals surface area contributed by atoms with Gasteiger partial charge in [0.05, 0.1) is 12.5 Å². The molecule has 1 aliphatic carbocycles. The lowest BCUT2D eigenvalue weighted by molar-refractivity contribution is -0.194. The van der Waals surface area contributed by atoms with Crippen molar-refractivity contribution < 1.29 is 19.4 Å². The molecular formula is C20H26N2O4. The van der Waals surface area contributed by atoms with Gasteiger partial charge in [-0.15, -0.1) is 0 Å². The number of carboxylic acids is 1. The molecule has 1 heterocycles. The van der Waals surface area contributed by atoms with E-state index in [1.54, 1.807) is 0 Å². The van der Waals surface area contributed by atoms with Gasteiger partial charge in [-0.05, 0) is 25.5 Å². The molecule has 2 aromatic rings. The third-order valence-electron chi connectivity index (χ3n) is 5.85. The van der Waals surface area contributed by atoms with Gasteiger partial charge < -0.3 is 20.1 Å². The van der Waals surface area contributed by atoms with Crippen molar-refractivity contribution in [2.75, 3.05) is 6.61 Å². The van der Waals surface area contributed by atoms with Crippen molar-refractivity contribution in [1.29, 1.82) is 0 Å². The number of benzene rings is 1. The number of nitrogens with one attached hydrogen (secondary N) is 2. The van der Waals surface area contributed by atoms with E-state index in [0.717, 1.165) is 22.2 Å². The number of H-pyrrole nitrogens is 1. The quantitative estimate of drug-likeness (QED) is 0.740. The molecule has 1 aromatic carbocycles. The number of aromatic amines is 1. The summed E-state index contributed by atoms with van der Waals surface area (Å²) in [6.45, 7) is 8.00. The van der Waals surface area contributed by atoms with Gasteiger partial charge in [0.2, 0.25) is 5.91 Å². The maximum absolute atomic E-state index is 12.7. The molecule has 0 spiro atoms. The van der Waals surface area contributed by atoms with E-state index in [-0.39, 0.29) is 24.9 Å². The number of aryl methyl sites for hydroxylation is 1. The highest BCUT2D eigenvalue weighted by Gasteiger charge is 2.66. The summed E-state index contributed by atoms with van der Waals surface area (Å²) in [6, 6.07) is 7.79. The number of amides is 1. The number of carbonyl (C=O) groups is 2. The van der Waals surface area contributed by atoms with Gasteiger partial charge in [0.1, 0.15) is 5.54 Å². The number of hydrogen-bond donors (Lipinski definition) is 3. The van der Waals surface area contributed by atoms with Crippen LogP contribution in [-0.4, -0.2) is 40.2 Å². The molecular weight excluding hydrogens is 332 g/mol. The Bertz CT molecular complexity index is 855. The predicted octanol–water partition coefficient (Wildman–Crippen LogP) is 2.79. The summed E-state index contributed by atoms with van der Waals surface area (Å²) >= 11 is 0. The van der Waals surface area contributed by atoms with Gasteiger partial charge in [0.15, 0.2) is 0 Å². The highest BCUT2D eigenvalue weighted by atomic mass is 16.5. The van der Waals surface area contributed by atoms with E-state index in [4.69, 9.17) is 4.74 Å². The van der Waals surface area contributed by atoms with Crippen LogP contribution in [0, 0.1) is 12.3 Å². The fourth-order valence-electron chi connectivity index (χ4n) is 4.04. The van der Waals surface area contributed by atoms with Gasteiger partial charge in [0, 0.05) is 35.0 Å². The van der Waals surface area contributed by atoms with Crippen molar-refractivity contribution in [2.24, 2.45) is 5.41 Å². The van der Waals surface area contributed by atoms with Gasteiger partial charge in [-0.3, -0.25) is 4.79 Å². The maximum atomic E-state index is 12.7. The number of para-hydroxylation sites is 1. The molecule has 26 heavy (non-hydrogen) atoms. The molecule has 2 atom stereocenters. The third-order valence-corrected chi connectivity index (χ3v) is 5.85. The first-order valence-electron chi connectivity index (χ1n) is 8.95. The number of aromatic nitrogens is 1. The first-order chi connectivity index (χ1) is 12.2. The number of rotatable bonds is 6. The number of ether oxygens (including phenoxy) is 1. The van der Waals surface area contributed by atoms with Crippen LogP contribution in [0.1, 0.15) is 38.4 Å². The van der Waals surface area contributed by atoms with E-state index in [0.29, 0.717) is 6.61 Å². The van der Waals surface area contributed by atoms with E-state index in [1.807, 2.05) is 52.0 Å². The molecule has 6 nitrogen and oxygen atoms in total. The van der Waals surface area contributed by atoms with Crippen molar-refractivity contribution in [3.63, 3.8) is 0 Å². The Morgan fingerprint density at radius 2 is 2.04 bits per heavy atom. The van der Waals surface area contributed by atoms with Crippen LogP contribution in [0.5, 0.6) is 0 Å². The van der Waals surface area contributed by atoms with Crippen molar-refractivity contribution >= 4 is 22.8 Å². The lowest BCUT2D eigenvalue weighted by Crippen LogP contribution is -2.76. The minimum absolute atomic E-state index is 0.139. The highest BCUT2D eigenvalue weighted by Crippen LogP contribution is 2.51. The second-order valence-electron chi connectivity index (χ2n) is 7.58. The summed E-state index contributed by atoms with van der Waals surface area (Å²) in [5.41, 5.74) is 0.813. The molecule has 0 radical (unpaired) electrons. The average Bonchev–Trinajstić information content (AvgIpc) is 2.89. The third kappa shape index (κ3) is 2.69. The molecule has 1 fully saturated rings. The molecule has 2 unspecified atom stereocenters. The van der Waals surface area contributed by atoms with Gasteiger partial charge >= 0.3 is 5.97 Å². The highest BCUT2D eigenvalue weighted by molar-refractivity contribution is 5.93. The summed E-state index contributed by atoms with van der Waals surface area (Å²) < 4.78 is 5.64. The SMILES string of the molecule is CCOC1CC(NC(=O)Cc2c(C)[nH]c3ccccc23)(C(=O)O)C1(C)C. The Balaban J connectivity index is 1.82. The van der Waals surface area contributed by atoms with Crippen LogP contribution in [0.15, 0.2) is 24.3 Å². The smallest absolute Gasteiger partial charge is 0.330 e. The zero-order valence-corrected chi connectivity index (χ0v) is 15.7. The molecule has 1 aliphatic rings. The lowest BCUT2D eigenvalue weighted by atomic mass is 9.54. The largest absolute Gasteiger partial charge is 0.479 e. The van der Waals surface area contributed by atoms with Crippen LogP contribution >= 0.6 is 0 Å². The summed E-state index contributed by atoms with van der Waals surface area (Å²) in [5, 5.41) is 13.6. The van der Waals surface area contributed by atoms with Gasteiger partial charge in [-0.25, -0.2) is 4.79 Å². The summed E-state index contributed by atoms with van der Waals surface area (Å²) in [4.78, 5) is 28.0. The maximum Gasteiger partial charge on any atom is 0.330 e. The molecule has 0 saturated heterocycles. The zero-order chi connectivity index (χ0) is 19.1. The normalized spacial score (nSPS) is 24.2. The molecule has 140 valence electrons. The van der Waals surface area contributed by atoms with Gasteiger partial charge in [-0.2, -0.15) is 0 Å². The topological polar surface area (TPSA) is 91.4 Å². The number of aliphatic carboxylic acids is 1. The summed E-state index contributed by atoms with van der Waals surface area (Å²) in [6.07, 6.45) is 0.237. The van der Waals surface area contributed by atoms with Crippen LogP contribution in [0.4, 0.5) is 0 Å². The summed E-state index contributed by atoms with van der Waals surface area (Å²) in [5.74, 6) is -1.30. The Morgan fingerprint density at radius 3 is 2.65 bits per heavy atom. The van der Waals surface area contributed by atoms with Crippen molar-refractivity contribution in [2.45, 2.75) is 52.2 Å². The second-order valence-corrected chi connectivity index (χ2v) is 7.58. The first-order valence-corrected chi connectivity index (χ1v) is 8.95. The van der Waals surface area contributed by atoms with Gasteiger partial charge in [-0.1, -0.05) is 32.0 Å². The Morgan fingerprint density at radius 1 is 1.35 bits per heavy atom. The van der Waals surface area contributed by atoms with Crippen molar-refractivity contribution in [3.05, 3.63) is 35.5 Å². The average molecular weight is 358 g/mol. The fraction of sp³-hybridized carbons (Fsp3) is 0.500. The molecule has 3 N–H and O–H groups in total. The standard InChI is InChI=1S/C20H26N2O4/c1-5-26-16-11-20(18(24)25,19(16,3)4)22-17(23)10-14-12(2)21-15-9-7-6-8-13(14)15/h6-9,16,21H,5,10-11H2,1-4H3,(H,22,23)(H,24,25). The molecule has 6 heteroatoms. The van der Waals surface area contributed by atoms with Gasteiger partial charge in [0.25, 0.3) is 0 Å². The monoisotopic (exact) mass is 358 g/mol. The van der Waals surface area contributed by atoms with Crippen LogP contribution in [0.3, 0.4) is 0 Å². The predicted molar refractivity (Wildman–Crippen MR) is 99.1 cm³/mol. The Kier molecular flexibility index (Phi) is 4.56. The molecule has 0 bridgehead atoms. The second kappa shape index (κ2) is 6.43. The molecule has 1 saturated carbocycles. The molecule has 3 rings (SSSR count). The lowest BCUT2D eigenvalue weighted by Gasteiger charge is -2.58. The first kappa shape index (κ1) is 18.5.